The van der Waals surface area contributed by atoms with E-state index >= 15 is 0 Å². The first-order valence-electron chi connectivity index (χ1n) is 8.39. The minimum atomic E-state index is -0.283. The zero-order valence-electron chi connectivity index (χ0n) is 14.5. The molecule has 0 saturated carbocycles. The molecule has 1 atom stereocenters. The number of rotatable bonds is 4. The van der Waals surface area contributed by atoms with Crippen molar-refractivity contribution < 1.29 is 13.9 Å². The predicted octanol–water partition coefficient (Wildman–Crippen LogP) is 4.48. The van der Waals surface area contributed by atoms with E-state index in [-0.39, 0.29) is 11.9 Å². The lowest BCUT2D eigenvalue weighted by Gasteiger charge is -2.12. The summed E-state index contributed by atoms with van der Waals surface area (Å²) in [7, 11) is 1.55. The second-order valence-electron chi connectivity index (χ2n) is 6.12. The van der Waals surface area contributed by atoms with Gasteiger partial charge in [0, 0.05) is 10.8 Å². The monoisotopic (exact) mass is 346 g/mol. The molecule has 26 heavy (non-hydrogen) atoms. The Hall–Kier alpha value is -3.34. The number of methoxy groups -OCH3 is 1. The Labute approximate surface area is 150 Å². The third kappa shape index (κ3) is 2.88. The summed E-state index contributed by atoms with van der Waals surface area (Å²) in [5.74, 6) is 0.860. The summed E-state index contributed by atoms with van der Waals surface area (Å²) in [6, 6.07) is 18.9. The van der Waals surface area contributed by atoms with Gasteiger partial charge in [-0.2, -0.15) is 0 Å². The van der Waals surface area contributed by atoms with Crippen LogP contribution in [0.25, 0.3) is 21.7 Å². The fraction of sp³-hybridized carbons (Fsp3) is 0.143. The number of hydrogen-bond acceptors (Lipinski definition) is 4. The smallest absolute Gasteiger partial charge is 0.270 e. The molecule has 5 heteroatoms. The number of benzene rings is 2. The number of para-hydroxylation sites is 1. The molecule has 0 aliphatic rings. The van der Waals surface area contributed by atoms with Crippen LogP contribution in [-0.4, -0.2) is 18.0 Å². The Morgan fingerprint density at radius 1 is 1.08 bits per heavy atom. The van der Waals surface area contributed by atoms with E-state index in [4.69, 9.17) is 9.15 Å². The van der Waals surface area contributed by atoms with Crippen molar-refractivity contribution in [2.75, 3.05) is 7.11 Å². The highest BCUT2D eigenvalue weighted by molar-refractivity contribution is 5.98. The van der Waals surface area contributed by atoms with Crippen molar-refractivity contribution in [1.82, 2.24) is 10.3 Å². The number of furan rings is 1. The molecule has 1 N–H and O–H groups in total. The van der Waals surface area contributed by atoms with Gasteiger partial charge in [-0.05, 0) is 36.6 Å². The van der Waals surface area contributed by atoms with Gasteiger partial charge in [-0.1, -0.05) is 36.4 Å². The molecule has 2 aromatic carbocycles. The van der Waals surface area contributed by atoms with Crippen LogP contribution in [0, 0.1) is 0 Å². The lowest BCUT2D eigenvalue weighted by atomic mass is 10.1. The predicted molar refractivity (Wildman–Crippen MR) is 100 cm³/mol. The van der Waals surface area contributed by atoms with Gasteiger partial charge in [-0.3, -0.25) is 4.79 Å². The molecule has 0 unspecified atom stereocenters. The minimum absolute atomic E-state index is 0.276. The minimum Gasteiger partial charge on any atom is -0.481 e. The summed E-state index contributed by atoms with van der Waals surface area (Å²) in [5.41, 5.74) is 1.11. The van der Waals surface area contributed by atoms with Crippen molar-refractivity contribution in [1.29, 1.82) is 0 Å². The second-order valence-corrected chi connectivity index (χ2v) is 6.12. The van der Waals surface area contributed by atoms with Gasteiger partial charge < -0.3 is 14.5 Å². The third-order valence-electron chi connectivity index (χ3n) is 4.35. The van der Waals surface area contributed by atoms with Crippen LogP contribution in [0.5, 0.6) is 5.88 Å². The fourth-order valence-electron chi connectivity index (χ4n) is 3.00. The fourth-order valence-corrected chi connectivity index (χ4v) is 3.00. The molecule has 2 aromatic heterocycles. The number of hydrogen-bond donors (Lipinski definition) is 1. The molecule has 2 heterocycles. The first kappa shape index (κ1) is 16.1. The molecule has 0 bridgehead atoms. The molecular weight excluding hydrogens is 328 g/mol. The van der Waals surface area contributed by atoms with Crippen LogP contribution >= 0.6 is 0 Å². The number of aromatic nitrogens is 1. The second kappa shape index (κ2) is 6.52. The highest BCUT2D eigenvalue weighted by Gasteiger charge is 2.18. The summed E-state index contributed by atoms with van der Waals surface area (Å²) in [4.78, 5) is 17.0. The van der Waals surface area contributed by atoms with Gasteiger partial charge in [0.25, 0.3) is 5.91 Å². The molecule has 5 nitrogen and oxygen atoms in total. The van der Waals surface area contributed by atoms with Gasteiger partial charge >= 0.3 is 0 Å². The Morgan fingerprint density at radius 3 is 2.58 bits per heavy atom. The molecule has 4 rings (SSSR count). The third-order valence-corrected chi connectivity index (χ3v) is 4.35. The summed E-state index contributed by atoms with van der Waals surface area (Å²) in [5, 5.41) is 5.72. The Morgan fingerprint density at radius 2 is 1.81 bits per heavy atom. The average molecular weight is 346 g/mol. The lowest BCUT2D eigenvalue weighted by molar-refractivity contribution is 0.0930. The quantitative estimate of drug-likeness (QED) is 0.592. The molecule has 0 aliphatic carbocycles. The van der Waals surface area contributed by atoms with Crippen molar-refractivity contribution >= 4 is 27.6 Å². The van der Waals surface area contributed by atoms with Crippen LogP contribution in [0.1, 0.15) is 29.2 Å². The number of carbonyl (C=O) groups is 1. The van der Waals surface area contributed by atoms with Gasteiger partial charge in [0.05, 0.1) is 13.2 Å². The first-order valence-corrected chi connectivity index (χ1v) is 8.39. The zero-order chi connectivity index (χ0) is 18.1. The molecular formula is C21H18N2O3. The van der Waals surface area contributed by atoms with Gasteiger partial charge in [-0.15, -0.1) is 0 Å². The Balaban J connectivity index is 1.62. The zero-order valence-corrected chi connectivity index (χ0v) is 14.5. The lowest BCUT2D eigenvalue weighted by Crippen LogP contribution is -2.27. The van der Waals surface area contributed by atoms with Crippen LogP contribution in [0.15, 0.2) is 65.1 Å². The molecule has 0 aliphatic heterocycles. The van der Waals surface area contributed by atoms with Crippen molar-refractivity contribution in [2.45, 2.75) is 13.0 Å². The SMILES string of the molecule is COc1nc(C(=O)N[C@H](C)c2cc3ccccc3o2)cc2ccccc12. The van der Waals surface area contributed by atoms with E-state index in [1.54, 1.807) is 13.2 Å². The maximum Gasteiger partial charge on any atom is 0.270 e. The maximum absolute atomic E-state index is 12.7. The van der Waals surface area contributed by atoms with Gasteiger partial charge in [-0.25, -0.2) is 4.98 Å². The summed E-state index contributed by atoms with van der Waals surface area (Å²) < 4.78 is 11.2. The molecule has 1 amide bonds. The summed E-state index contributed by atoms with van der Waals surface area (Å²) in [6.45, 7) is 1.88. The number of nitrogens with one attached hydrogen (secondary N) is 1. The number of carbonyl (C=O) groups excluding carboxylic acids is 1. The van der Waals surface area contributed by atoms with Crippen LogP contribution in [0.3, 0.4) is 0 Å². The highest BCUT2D eigenvalue weighted by atomic mass is 16.5. The molecule has 0 radical (unpaired) electrons. The normalized spacial score (nSPS) is 12.2. The molecule has 4 aromatic rings. The van der Waals surface area contributed by atoms with Crippen molar-refractivity contribution in [3.63, 3.8) is 0 Å². The Bertz CT molecular complexity index is 1070. The number of fused-ring (bicyclic) bond motifs is 2. The Kier molecular flexibility index (Phi) is 4.05. The van der Waals surface area contributed by atoms with Crippen LogP contribution in [0.4, 0.5) is 0 Å². The van der Waals surface area contributed by atoms with E-state index in [9.17, 15) is 4.79 Å². The largest absolute Gasteiger partial charge is 0.481 e. The number of nitrogens with zero attached hydrogens (tertiary/aromatic N) is 1. The molecule has 0 spiro atoms. The van der Waals surface area contributed by atoms with Gasteiger partial charge in [0.15, 0.2) is 0 Å². The van der Waals surface area contributed by atoms with Crippen molar-refractivity contribution in [3.8, 4) is 5.88 Å². The number of amides is 1. The van der Waals surface area contributed by atoms with E-state index in [0.717, 1.165) is 21.7 Å². The van der Waals surface area contributed by atoms with Crippen molar-refractivity contribution in [2.24, 2.45) is 0 Å². The van der Waals surface area contributed by atoms with Crippen LogP contribution in [0.2, 0.25) is 0 Å². The molecule has 0 saturated heterocycles. The average Bonchev–Trinajstić information content (AvgIpc) is 3.11. The van der Waals surface area contributed by atoms with E-state index in [0.29, 0.717) is 17.3 Å². The maximum atomic E-state index is 12.7. The highest BCUT2D eigenvalue weighted by Crippen LogP contribution is 2.26. The molecule has 0 fully saturated rings. The summed E-state index contributed by atoms with van der Waals surface area (Å²) in [6.07, 6.45) is 0. The van der Waals surface area contributed by atoms with Crippen LogP contribution < -0.4 is 10.1 Å². The molecule has 130 valence electrons. The first-order chi connectivity index (χ1) is 12.7. The van der Waals surface area contributed by atoms with Crippen LogP contribution in [-0.2, 0) is 0 Å². The van der Waals surface area contributed by atoms with E-state index in [1.165, 1.54) is 0 Å². The topological polar surface area (TPSA) is 64.4 Å². The van der Waals surface area contributed by atoms with E-state index in [2.05, 4.69) is 10.3 Å². The standard InChI is InChI=1S/C21H18N2O3/c1-13(19-12-15-8-4-6-10-18(15)26-19)22-20(24)17-11-14-7-3-5-9-16(14)21(23-17)25-2/h3-13H,1-2H3,(H,22,24)/t13-/m1/s1. The van der Waals surface area contributed by atoms with E-state index in [1.807, 2.05) is 61.5 Å². The number of pyridine rings is 1. The summed E-state index contributed by atoms with van der Waals surface area (Å²) >= 11 is 0. The van der Waals surface area contributed by atoms with Gasteiger partial charge in [0.1, 0.15) is 17.0 Å². The van der Waals surface area contributed by atoms with Gasteiger partial charge in [0.2, 0.25) is 5.88 Å². The van der Waals surface area contributed by atoms with E-state index < -0.39 is 0 Å². The van der Waals surface area contributed by atoms with Crippen molar-refractivity contribution in [3.05, 3.63) is 72.1 Å². The number of ether oxygens (including phenoxy) is 1.